The van der Waals surface area contributed by atoms with E-state index in [-0.39, 0.29) is 30.1 Å². The minimum atomic E-state index is -0.853. The molecule has 3 atom stereocenters. The maximum Gasteiger partial charge on any atom is 0.358 e. The second-order valence-corrected chi connectivity index (χ2v) is 10.0. The van der Waals surface area contributed by atoms with E-state index in [4.69, 9.17) is 9.47 Å². The Hall–Kier alpha value is -3.40. The van der Waals surface area contributed by atoms with Crippen LogP contribution in [0.25, 0.3) is 5.57 Å². The molecule has 0 unspecified atom stereocenters. The number of nitrogens with zero attached hydrogens (tertiary/aromatic N) is 2. The zero-order valence-electron chi connectivity index (χ0n) is 21.0. The molecule has 2 N–H and O–H groups in total. The SMILES string of the molecule is C[C@@H](O)[C@H]1C(=O)N2C(C(=O)OCOC(=O)C(C)(C)C)=C(c3ccc(NCC(=O)N(C)C)cc3)C[C@H]12. The zero-order chi connectivity index (χ0) is 26.1. The number of hydrogen-bond donors (Lipinski definition) is 2. The number of nitrogens with one attached hydrogen (secondary N) is 1. The Labute approximate surface area is 204 Å². The fourth-order valence-electron chi connectivity index (χ4n) is 4.06. The first kappa shape index (κ1) is 26.2. The molecule has 1 saturated heterocycles. The summed E-state index contributed by atoms with van der Waals surface area (Å²) >= 11 is 0. The minimum Gasteiger partial charge on any atom is -0.427 e. The van der Waals surface area contributed by atoms with Gasteiger partial charge in [-0.15, -0.1) is 0 Å². The van der Waals surface area contributed by atoms with Crippen LogP contribution in [0.2, 0.25) is 0 Å². The quantitative estimate of drug-likeness (QED) is 0.322. The van der Waals surface area contributed by atoms with Crippen LogP contribution in [0.4, 0.5) is 5.69 Å². The number of hydrogen-bond acceptors (Lipinski definition) is 8. The molecule has 190 valence electrons. The molecule has 0 bridgehead atoms. The first-order chi connectivity index (χ1) is 16.3. The van der Waals surface area contributed by atoms with Crippen LogP contribution in [-0.2, 0) is 28.7 Å². The first-order valence-electron chi connectivity index (χ1n) is 11.5. The number of rotatable bonds is 8. The lowest BCUT2D eigenvalue weighted by atomic mass is 9.82. The molecule has 1 aromatic carbocycles. The van der Waals surface area contributed by atoms with E-state index in [9.17, 15) is 24.3 Å². The van der Waals surface area contributed by atoms with E-state index in [1.807, 2.05) is 0 Å². The predicted molar refractivity (Wildman–Crippen MR) is 127 cm³/mol. The van der Waals surface area contributed by atoms with Crippen molar-refractivity contribution < 1.29 is 33.8 Å². The predicted octanol–water partition coefficient (Wildman–Crippen LogP) is 1.60. The molecule has 0 aliphatic carbocycles. The Morgan fingerprint density at radius 1 is 1.17 bits per heavy atom. The summed E-state index contributed by atoms with van der Waals surface area (Å²) in [6.45, 7) is 6.17. The average Bonchev–Trinajstić information content (AvgIpc) is 3.11. The van der Waals surface area contributed by atoms with Crippen LogP contribution < -0.4 is 5.32 Å². The number of aliphatic hydroxyl groups excluding tert-OH is 1. The lowest BCUT2D eigenvalue weighted by Gasteiger charge is -2.44. The smallest absolute Gasteiger partial charge is 0.358 e. The number of aliphatic hydroxyl groups is 1. The van der Waals surface area contributed by atoms with Crippen LogP contribution in [0.15, 0.2) is 30.0 Å². The van der Waals surface area contributed by atoms with Gasteiger partial charge in [0.25, 0.3) is 0 Å². The second-order valence-electron chi connectivity index (χ2n) is 10.0. The van der Waals surface area contributed by atoms with Crippen LogP contribution in [-0.4, -0.2) is 78.2 Å². The number of esters is 2. The van der Waals surface area contributed by atoms with Gasteiger partial charge in [0.05, 0.1) is 30.0 Å². The van der Waals surface area contributed by atoms with Gasteiger partial charge < -0.3 is 29.7 Å². The van der Waals surface area contributed by atoms with Crippen LogP contribution >= 0.6 is 0 Å². The Kier molecular flexibility index (Phi) is 7.54. The average molecular weight is 488 g/mol. The number of benzene rings is 1. The fourth-order valence-corrected chi connectivity index (χ4v) is 4.06. The number of β-lactam (4-membered cyclic amide) rings is 1. The lowest BCUT2D eigenvalue weighted by Crippen LogP contribution is -2.61. The summed E-state index contributed by atoms with van der Waals surface area (Å²) in [6.07, 6.45) is -0.478. The van der Waals surface area contributed by atoms with Crippen molar-refractivity contribution in [1.29, 1.82) is 0 Å². The summed E-state index contributed by atoms with van der Waals surface area (Å²) < 4.78 is 10.2. The third kappa shape index (κ3) is 5.48. The van der Waals surface area contributed by atoms with Crippen LogP contribution in [0.1, 0.15) is 39.7 Å². The van der Waals surface area contributed by atoms with Gasteiger partial charge in [0.1, 0.15) is 5.70 Å². The van der Waals surface area contributed by atoms with Gasteiger partial charge in [0, 0.05) is 19.8 Å². The summed E-state index contributed by atoms with van der Waals surface area (Å²) in [4.78, 5) is 52.4. The van der Waals surface area contributed by atoms with Crippen molar-refractivity contribution >= 4 is 35.0 Å². The topological polar surface area (TPSA) is 125 Å². The second kappa shape index (κ2) is 10.1. The minimum absolute atomic E-state index is 0.0724. The van der Waals surface area contributed by atoms with Crippen LogP contribution in [0.5, 0.6) is 0 Å². The van der Waals surface area contributed by atoms with E-state index in [0.29, 0.717) is 17.6 Å². The van der Waals surface area contributed by atoms with Crippen molar-refractivity contribution in [2.24, 2.45) is 11.3 Å². The molecular formula is C25H33N3O7. The fraction of sp³-hybridized carbons (Fsp3) is 0.520. The highest BCUT2D eigenvalue weighted by Gasteiger charge is 2.57. The van der Waals surface area contributed by atoms with Gasteiger partial charge in [-0.3, -0.25) is 14.4 Å². The maximum absolute atomic E-state index is 13.0. The molecule has 2 aliphatic heterocycles. The lowest BCUT2D eigenvalue weighted by molar-refractivity contribution is -0.175. The summed E-state index contributed by atoms with van der Waals surface area (Å²) in [5, 5.41) is 13.1. The summed E-state index contributed by atoms with van der Waals surface area (Å²) in [6, 6.07) is 6.79. The van der Waals surface area contributed by atoms with Gasteiger partial charge in [-0.1, -0.05) is 12.1 Å². The largest absolute Gasteiger partial charge is 0.427 e. The molecule has 0 spiro atoms. The highest BCUT2D eigenvalue weighted by atomic mass is 16.7. The van der Waals surface area contributed by atoms with E-state index in [0.717, 1.165) is 5.69 Å². The van der Waals surface area contributed by atoms with Crippen molar-refractivity contribution in [3.05, 3.63) is 35.5 Å². The number of carbonyl (C=O) groups excluding carboxylic acids is 4. The van der Waals surface area contributed by atoms with Gasteiger partial charge in [-0.2, -0.15) is 0 Å². The highest BCUT2D eigenvalue weighted by molar-refractivity contribution is 6.06. The van der Waals surface area contributed by atoms with Crippen LogP contribution in [0.3, 0.4) is 0 Å². The molecule has 0 aromatic heterocycles. The summed E-state index contributed by atoms with van der Waals surface area (Å²) in [5.74, 6) is -2.32. The van der Waals surface area contributed by atoms with Crippen molar-refractivity contribution in [2.45, 2.75) is 46.3 Å². The normalized spacial score (nSPS) is 20.1. The van der Waals surface area contributed by atoms with E-state index < -0.39 is 36.2 Å². The number of anilines is 1. The maximum atomic E-state index is 13.0. The number of amides is 2. The monoisotopic (exact) mass is 487 g/mol. The highest BCUT2D eigenvalue weighted by Crippen LogP contribution is 2.47. The molecule has 1 aromatic rings. The Balaban J connectivity index is 1.80. The molecule has 2 heterocycles. The number of ether oxygens (including phenoxy) is 2. The van der Waals surface area contributed by atoms with Crippen molar-refractivity contribution in [1.82, 2.24) is 9.80 Å². The van der Waals surface area contributed by atoms with E-state index in [1.165, 1.54) is 9.80 Å². The van der Waals surface area contributed by atoms with Gasteiger partial charge >= 0.3 is 11.9 Å². The first-order valence-corrected chi connectivity index (χ1v) is 11.5. The number of carbonyl (C=O) groups is 4. The Morgan fingerprint density at radius 2 is 1.80 bits per heavy atom. The molecule has 0 saturated carbocycles. The third-order valence-electron chi connectivity index (χ3n) is 6.09. The van der Waals surface area contributed by atoms with Gasteiger partial charge in [0.2, 0.25) is 18.6 Å². The molecule has 1 fully saturated rings. The van der Waals surface area contributed by atoms with Gasteiger partial charge in [-0.05, 0) is 57.4 Å². The molecule has 35 heavy (non-hydrogen) atoms. The molecule has 3 rings (SSSR count). The third-order valence-corrected chi connectivity index (χ3v) is 6.09. The molecule has 10 heteroatoms. The molecule has 10 nitrogen and oxygen atoms in total. The number of likely N-dealkylation sites (N-methyl/N-ethyl adjacent to an activating group) is 1. The molecule has 0 radical (unpaired) electrons. The van der Waals surface area contributed by atoms with Crippen LogP contribution in [0, 0.1) is 11.3 Å². The van der Waals surface area contributed by atoms with E-state index >= 15 is 0 Å². The zero-order valence-corrected chi connectivity index (χ0v) is 21.0. The van der Waals surface area contributed by atoms with Crippen molar-refractivity contribution in [3.63, 3.8) is 0 Å². The van der Waals surface area contributed by atoms with Crippen molar-refractivity contribution in [2.75, 3.05) is 32.7 Å². The summed E-state index contributed by atoms with van der Waals surface area (Å²) in [5.41, 5.74) is 1.38. The standard InChI is InChI=1S/C25H33N3O7/c1-14(29)20-18-11-17(15-7-9-16(10-8-15)26-12-19(30)27(5)6)21(28(18)22(20)31)23(32)34-13-35-24(33)25(2,3)4/h7-10,14,18,20,26,29H,11-13H2,1-6H3/t14-,18-,20-/m1/s1. The van der Waals surface area contributed by atoms with E-state index in [1.54, 1.807) is 66.1 Å². The van der Waals surface area contributed by atoms with Crippen molar-refractivity contribution in [3.8, 4) is 0 Å². The molecular weight excluding hydrogens is 454 g/mol. The van der Waals surface area contributed by atoms with Gasteiger partial charge in [-0.25, -0.2) is 4.79 Å². The Bertz CT molecular complexity index is 1040. The Morgan fingerprint density at radius 3 is 2.34 bits per heavy atom. The van der Waals surface area contributed by atoms with E-state index in [2.05, 4.69) is 5.32 Å². The van der Waals surface area contributed by atoms with Gasteiger partial charge in [0.15, 0.2) is 0 Å². The summed E-state index contributed by atoms with van der Waals surface area (Å²) in [7, 11) is 3.35. The number of fused-ring (bicyclic) bond motifs is 1. The molecule has 2 aliphatic rings. The molecule has 2 amide bonds.